The fourth-order valence-corrected chi connectivity index (χ4v) is 2.71. The first-order chi connectivity index (χ1) is 13.2. The topological polar surface area (TPSA) is 85.4 Å². The van der Waals surface area contributed by atoms with E-state index in [0.717, 1.165) is 22.7 Å². The van der Waals surface area contributed by atoms with Gasteiger partial charge in [0.1, 0.15) is 13.2 Å². The smallest absolute Gasteiger partial charge is 0.276 e. The van der Waals surface area contributed by atoms with Gasteiger partial charge in [0.2, 0.25) is 0 Å². The molecule has 3 aromatic rings. The van der Waals surface area contributed by atoms with E-state index in [9.17, 15) is 4.79 Å². The van der Waals surface area contributed by atoms with E-state index in [4.69, 9.17) is 9.47 Å². The third kappa shape index (κ3) is 3.98. The number of aryl methyl sites for hydroxylation is 1. The van der Waals surface area contributed by atoms with Crippen molar-refractivity contribution in [3.63, 3.8) is 0 Å². The molecule has 0 radical (unpaired) electrons. The van der Waals surface area contributed by atoms with Crippen molar-refractivity contribution < 1.29 is 14.3 Å². The fourth-order valence-electron chi connectivity index (χ4n) is 2.71. The number of carbonyl (C=O) groups is 1. The van der Waals surface area contributed by atoms with Crippen molar-refractivity contribution in [1.29, 1.82) is 0 Å². The largest absolute Gasteiger partial charge is 0.486 e. The van der Waals surface area contributed by atoms with E-state index in [0.29, 0.717) is 24.8 Å². The van der Waals surface area contributed by atoms with E-state index in [1.165, 1.54) is 0 Å². The molecule has 1 aromatic heterocycles. The molecule has 27 heavy (non-hydrogen) atoms. The van der Waals surface area contributed by atoms with Gasteiger partial charge in [0.05, 0.1) is 0 Å². The normalized spacial score (nSPS) is 12.3. The highest BCUT2D eigenvalue weighted by molar-refractivity contribution is 6.02. The molecule has 1 aliphatic heterocycles. The van der Waals surface area contributed by atoms with Crippen LogP contribution in [0.1, 0.15) is 16.1 Å². The van der Waals surface area contributed by atoms with Crippen LogP contribution in [0, 0.1) is 6.92 Å². The lowest BCUT2D eigenvalue weighted by Gasteiger charge is -2.19. The minimum atomic E-state index is -0.307. The molecule has 0 unspecified atom stereocenters. The van der Waals surface area contributed by atoms with Crippen LogP contribution in [-0.4, -0.2) is 29.3 Å². The molecular weight excluding hydrogens is 344 g/mol. The second-order valence-corrected chi connectivity index (χ2v) is 6.11. The van der Waals surface area contributed by atoms with Gasteiger partial charge in [-0.3, -0.25) is 4.79 Å². The zero-order valence-electron chi connectivity index (χ0n) is 14.7. The molecule has 0 fully saturated rings. The highest BCUT2D eigenvalue weighted by atomic mass is 16.6. The summed E-state index contributed by atoms with van der Waals surface area (Å²) in [7, 11) is 0. The Balaban J connectivity index is 1.43. The lowest BCUT2D eigenvalue weighted by Crippen LogP contribution is -2.15. The number of nitrogens with zero attached hydrogens (tertiary/aromatic N) is 2. The summed E-state index contributed by atoms with van der Waals surface area (Å²) in [6, 6.07) is 16.5. The number of nitrogens with one attached hydrogen (secondary N) is 2. The summed E-state index contributed by atoms with van der Waals surface area (Å²) in [6.07, 6.45) is 0. The second-order valence-electron chi connectivity index (χ2n) is 6.11. The predicted octanol–water partition coefficient (Wildman–Crippen LogP) is 3.55. The number of amides is 1. The minimum absolute atomic E-state index is 0.240. The average molecular weight is 362 g/mol. The molecule has 0 saturated carbocycles. The fraction of sp³-hybridized carbons (Fsp3) is 0.150. The van der Waals surface area contributed by atoms with Crippen molar-refractivity contribution >= 4 is 23.1 Å². The van der Waals surface area contributed by atoms with Gasteiger partial charge in [0.15, 0.2) is 23.0 Å². The van der Waals surface area contributed by atoms with Gasteiger partial charge >= 0.3 is 0 Å². The van der Waals surface area contributed by atoms with Crippen LogP contribution in [0.3, 0.4) is 0 Å². The Morgan fingerprint density at radius 1 is 0.926 bits per heavy atom. The summed E-state index contributed by atoms with van der Waals surface area (Å²) < 4.78 is 11.1. The second kappa shape index (κ2) is 7.33. The molecule has 0 saturated heterocycles. The SMILES string of the molecule is Cc1cccc(NC(=O)c2ccc(Nc3ccc4c(c3)OCCO4)nn2)c1. The number of aromatic nitrogens is 2. The van der Waals surface area contributed by atoms with Gasteiger partial charge in [0.25, 0.3) is 5.91 Å². The summed E-state index contributed by atoms with van der Waals surface area (Å²) in [4.78, 5) is 12.3. The van der Waals surface area contributed by atoms with Crippen LogP contribution < -0.4 is 20.1 Å². The van der Waals surface area contributed by atoms with Crippen molar-refractivity contribution in [2.45, 2.75) is 6.92 Å². The third-order valence-corrected chi connectivity index (χ3v) is 3.99. The highest BCUT2D eigenvalue weighted by Crippen LogP contribution is 2.33. The van der Waals surface area contributed by atoms with Crippen LogP contribution in [0.4, 0.5) is 17.2 Å². The number of anilines is 3. The van der Waals surface area contributed by atoms with Crippen molar-refractivity contribution in [1.82, 2.24) is 10.2 Å². The van der Waals surface area contributed by atoms with Crippen LogP contribution in [0.15, 0.2) is 54.6 Å². The summed E-state index contributed by atoms with van der Waals surface area (Å²) in [5.74, 6) is 1.63. The number of hydrogen-bond acceptors (Lipinski definition) is 6. The molecule has 2 N–H and O–H groups in total. The number of hydrogen-bond donors (Lipinski definition) is 2. The van der Waals surface area contributed by atoms with Crippen LogP contribution >= 0.6 is 0 Å². The minimum Gasteiger partial charge on any atom is -0.486 e. The van der Waals surface area contributed by atoms with E-state index in [1.807, 2.05) is 49.4 Å². The van der Waals surface area contributed by atoms with E-state index in [2.05, 4.69) is 20.8 Å². The molecule has 2 heterocycles. The lowest BCUT2D eigenvalue weighted by molar-refractivity contribution is 0.102. The molecule has 1 aliphatic rings. The monoisotopic (exact) mass is 362 g/mol. The van der Waals surface area contributed by atoms with Gasteiger partial charge in [-0.05, 0) is 48.9 Å². The predicted molar refractivity (Wildman–Crippen MR) is 102 cm³/mol. The van der Waals surface area contributed by atoms with Gasteiger partial charge < -0.3 is 20.1 Å². The average Bonchev–Trinajstić information content (AvgIpc) is 2.68. The molecule has 7 nitrogen and oxygen atoms in total. The third-order valence-electron chi connectivity index (χ3n) is 3.99. The number of fused-ring (bicyclic) bond motifs is 1. The quantitative estimate of drug-likeness (QED) is 0.738. The molecular formula is C20H18N4O3. The molecule has 0 bridgehead atoms. The first kappa shape index (κ1) is 16.8. The maximum atomic E-state index is 12.3. The summed E-state index contributed by atoms with van der Waals surface area (Å²) in [5, 5.41) is 14.0. The van der Waals surface area contributed by atoms with Crippen molar-refractivity contribution in [2.24, 2.45) is 0 Å². The molecule has 4 rings (SSSR count). The van der Waals surface area contributed by atoms with E-state index in [-0.39, 0.29) is 11.6 Å². The Hall–Kier alpha value is -3.61. The highest BCUT2D eigenvalue weighted by Gasteiger charge is 2.13. The van der Waals surface area contributed by atoms with Gasteiger partial charge in [0, 0.05) is 17.4 Å². The van der Waals surface area contributed by atoms with Crippen molar-refractivity contribution in [2.75, 3.05) is 23.8 Å². The maximum Gasteiger partial charge on any atom is 0.276 e. The first-order valence-corrected chi connectivity index (χ1v) is 8.56. The van der Waals surface area contributed by atoms with Crippen LogP contribution in [0.2, 0.25) is 0 Å². The number of benzene rings is 2. The van der Waals surface area contributed by atoms with Crippen molar-refractivity contribution in [3.05, 3.63) is 65.9 Å². The molecule has 136 valence electrons. The Morgan fingerprint density at radius 3 is 2.56 bits per heavy atom. The van der Waals surface area contributed by atoms with E-state index >= 15 is 0 Å². The van der Waals surface area contributed by atoms with Crippen LogP contribution in [0.25, 0.3) is 0 Å². The van der Waals surface area contributed by atoms with Crippen molar-refractivity contribution in [3.8, 4) is 11.5 Å². The van der Waals surface area contributed by atoms with E-state index < -0.39 is 0 Å². The Morgan fingerprint density at radius 2 is 1.78 bits per heavy atom. The van der Waals surface area contributed by atoms with Gasteiger partial charge in [-0.15, -0.1) is 10.2 Å². The summed E-state index contributed by atoms with van der Waals surface area (Å²) >= 11 is 0. The van der Waals surface area contributed by atoms with Gasteiger partial charge in [-0.25, -0.2) is 0 Å². The lowest BCUT2D eigenvalue weighted by atomic mass is 10.2. The number of ether oxygens (including phenoxy) is 2. The summed E-state index contributed by atoms with van der Waals surface area (Å²) in [5.41, 5.74) is 2.83. The Bertz CT molecular complexity index is 973. The molecule has 2 aromatic carbocycles. The molecule has 0 spiro atoms. The number of rotatable bonds is 4. The molecule has 0 aliphatic carbocycles. The Kier molecular flexibility index (Phi) is 4.57. The summed E-state index contributed by atoms with van der Waals surface area (Å²) in [6.45, 7) is 3.05. The number of carbonyl (C=O) groups excluding carboxylic acids is 1. The zero-order valence-corrected chi connectivity index (χ0v) is 14.7. The maximum absolute atomic E-state index is 12.3. The molecule has 0 atom stereocenters. The van der Waals surface area contributed by atoms with Gasteiger partial charge in [-0.1, -0.05) is 12.1 Å². The standard InChI is InChI=1S/C20H18N4O3/c1-13-3-2-4-14(11-13)22-20(25)16-6-8-19(24-23-16)21-15-5-7-17-18(12-15)27-10-9-26-17/h2-8,11-12H,9-10H2,1H3,(H,21,24)(H,22,25). The molecule has 1 amide bonds. The van der Waals surface area contributed by atoms with Gasteiger partial charge in [-0.2, -0.15) is 0 Å². The Labute approximate surface area is 156 Å². The van der Waals surface area contributed by atoms with Crippen LogP contribution in [0.5, 0.6) is 11.5 Å². The van der Waals surface area contributed by atoms with E-state index in [1.54, 1.807) is 12.1 Å². The molecule has 7 heteroatoms. The zero-order chi connectivity index (χ0) is 18.6. The first-order valence-electron chi connectivity index (χ1n) is 8.56. The van der Waals surface area contributed by atoms with Crippen LogP contribution in [-0.2, 0) is 0 Å².